The molecule has 4 nitrogen and oxygen atoms in total. The molecule has 0 aromatic heterocycles. The minimum atomic E-state index is -0.758. The van der Waals surface area contributed by atoms with Crippen molar-refractivity contribution in [3.63, 3.8) is 0 Å². The van der Waals surface area contributed by atoms with E-state index >= 15 is 0 Å². The SMILES string of the molecule is CC(C(=O)O)N1CC(CO)C2(CCCC2)C1. The Morgan fingerprint density at radius 1 is 1.50 bits per heavy atom. The summed E-state index contributed by atoms with van der Waals surface area (Å²) < 4.78 is 0. The van der Waals surface area contributed by atoms with Crippen LogP contribution in [-0.2, 0) is 4.79 Å². The molecule has 0 aromatic carbocycles. The van der Waals surface area contributed by atoms with Gasteiger partial charge >= 0.3 is 5.97 Å². The molecule has 2 rings (SSSR count). The molecule has 2 atom stereocenters. The number of likely N-dealkylation sites (tertiary alicyclic amines) is 1. The van der Waals surface area contributed by atoms with Crippen LogP contribution in [0, 0.1) is 11.3 Å². The van der Waals surface area contributed by atoms with Crippen LogP contribution in [0.5, 0.6) is 0 Å². The third kappa shape index (κ3) is 1.84. The Morgan fingerprint density at radius 3 is 2.62 bits per heavy atom. The van der Waals surface area contributed by atoms with Crippen molar-refractivity contribution in [1.82, 2.24) is 4.90 Å². The fourth-order valence-electron chi connectivity index (χ4n) is 3.42. The third-order valence-corrected chi connectivity index (χ3v) is 4.56. The number of carbonyl (C=O) groups is 1. The summed E-state index contributed by atoms with van der Waals surface area (Å²) in [7, 11) is 0. The van der Waals surface area contributed by atoms with Gasteiger partial charge in [-0.1, -0.05) is 12.8 Å². The lowest BCUT2D eigenvalue weighted by Gasteiger charge is -2.29. The van der Waals surface area contributed by atoms with Gasteiger partial charge in [-0.15, -0.1) is 0 Å². The van der Waals surface area contributed by atoms with Gasteiger partial charge in [-0.2, -0.15) is 0 Å². The molecule has 1 spiro atoms. The minimum absolute atomic E-state index is 0.197. The van der Waals surface area contributed by atoms with E-state index in [1.807, 2.05) is 4.90 Å². The first-order valence-corrected chi connectivity index (χ1v) is 6.17. The molecule has 2 N–H and O–H groups in total. The standard InChI is InChI=1S/C12H21NO3/c1-9(11(15)16)13-6-10(7-14)12(8-13)4-2-3-5-12/h9-10,14H,2-8H2,1H3,(H,15,16). The molecular formula is C12H21NO3. The smallest absolute Gasteiger partial charge is 0.320 e. The quantitative estimate of drug-likeness (QED) is 0.753. The van der Waals surface area contributed by atoms with Crippen molar-refractivity contribution in [2.24, 2.45) is 11.3 Å². The Bertz CT molecular complexity index is 273. The van der Waals surface area contributed by atoms with Crippen LogP contribution in [0.15, 0.2) is 0 Å². The van der Waals surface area contributed by atoms with Crippen LogP contribution in [0.2, 0.25) is 0 Å². The van der Waals surface area contributed by atoms with Gasteiger partial charge in [-0.05, 0) is 25.2 Å². The summed E-state index contributed by atoms with van der Waals surface area (Å²) in [4.78, 5) is 13.0. The number of aliphatic carboxylic acids is 1. The largest absolute Gasteiger partial charge is 0.480 e. The maximum absolute atomic E-state index is 11.0. The zero-order valence-corrected chi connectivity index (χ0v) is 9.85. The van der Waals surface area contributed by atoms with Crippen LogP contribution >= 0.6 is 0 Å². The van der Waals surface area contributed by atoms with Crippen molar-refractivity contribution in [1.29, 1.82) is 0 Å². The van der Waals surface area contributed by atoms with Crippen LogP contribution in [0.4, 0.5) is 0 Å². The van der Waals surface area contributed by atoms with Crippen LogP contribution in [-0.4, -0.2) is 46.8 Å². The molecule has 2 aliphatic rings. The molecule has 1 aliphatic heterocycles. The Morgan fingerprint density at radius 2 is 2.12 bits per heavy atom. The first-order valence-electron chi connectivity index (χ1n) is 6.17. The highest BCUT2D eigenvalue weighted by molar-refractivity contribution is 5.72. The summed E-state index contributed by atoms with van der Waals surface area (Å²) >= 11 is 0. The number of nitrogens with zero attached hydrogens (tertiary/aromatic N) is 1. The van der Waals surface area contributed by atoms with E-state index in [0.717, 1.165) is 25.9 Å². The second kappa shape index (κ2) is 4.34. The first kappa shape index (κ1) is 11.9. The molecule has 1 saturated carbocycles. The summed E-state index contributed by atoms with van der Waals surface area (Å²) in [6.07, 6.45) is 4.76. The topological polar surface area (TPSA) is 60.8 Å². The zero-order chi connectivity index (χ0) is 11.8. The van der Waals surface area contributed by atoms with E-state index in [2.05, 4.69) is 0 Å². The molecule has 1 heterocycles. The Balaban J connectivity index is 2.09. The first-order chi connectivity index (χ1) is 7.59. The lowest BCUT2D eigenvalue weighted by atomic mass is 9.77. The molecule has 2 unspecified atom stereocenters. The van der Waals surface area contributed by atoms with Crippen LogP contribution in [0.1, 0.15) is 32.6 Å². The summed E-state index contributed by atoms with van der Waals surface area (Å²) in [5.41, 5.74) is 0.207. The van der Waals surface area contributed by atoms with Gasteiger partial charge in [-0.3, -0.25) is 9.69 Å². The van der Waals surface area contributed by atoms with Crippen molar-refractivity contribution < 1.29 is 15.0 Å². The predicted octanol–water partition coefficient (Wildman–Crippen LogP) is 0.944. The molecule has 0 aromatic rings. The van der Waals surface area contributed by atoms with Crippen LogP contribution in [0.3, 0.4) is 0 Å². The number of carboxylic acids is 1. The monoisotopic (exact) mass is 227 g/mol. The van der Waals surface area contributed by atoms with Gasteiger partial charge in [0.1, 0.15) is 6.04 Å². The molecule has 0 radical (unpaired) electrons. The van der Waals surface area contributed by atoms with E-state index in [1.165, 1.54) is 12.8 Å². The average Bonchev–Trinajstić information content (AvgIpc) is 2.86. The Hall–Kier alpha value is -0.610. The maximum Gasteiger partial charge on any atom is 0.320 e. The van der Waals surface area contributed by atoms with Gasteiger partial charge in [0.2, 0.25) is 0 Å². The fourth-order valence-corrected chi connectivity index (χ4v) is 3.42. The molecule has 1 aliphatic carbocycles. The molecule has 92 valence electrons. The van der Waals surface area contributed by atoms with E-state index in [-0.39, 0.29) is 17.9 Å². The van der Waals surface area contributed by atoms with Crippen molar-refractivity contribution in [3.05, 3.63) is 0 Å². The fraction of sp³-hybridized carbons (Fsp3) is 0.917. The second-order valence-electron chi connectivity index (χ2n) is 5.39. The highest BCUT2D eigenvalue weighted by Gasteiger charge is 2.49. The molecule has 1 saturated heterocycles. The summed E-state index contributed by atoms with van der Waals surface area (Å²) in [5.74, 6) is -0.483. The van der Waals surface area contributed by atoms with E-state index in [9.17, 15) is 9.90 Å². The summed E-state index contributed by atoms with van der Waals surface area (Å²) in [6, 6.07) is -0.422. The molecule has 4 heteroatoms. The van der Waals surface area contributed by atoms with Gasteiger partial charge < -0.3 is 10.2 Å². The van der Waals surface area contributed by atoms with Gasteiger partial charge in [0, 0.05) is 25.6 Å². The van der Waals surface area contributed by atoms with Gasteiger partial charge in [0.25, 0.3) is 0 Å². The van der Waals surface area contributed by atoms with Crippen molar-refractivity contribution >= 4 is 5.97 Å². The average molecular weight is 227 g/mol. The number of aliphatic hydroxyl groups is 1. The summed E-state index contributed by atoms with van der Waals surface area (Å²) in [6.45, 7) is 3.53. The minimum Gasteiger partial charge on any atom is -0.480 e. The van der Waals surface area contributed by atoms with Crippen LogP contribution in [0.25, 0.3) is 0 Å². The number of aliphatic hydroxyl groups excluding tert-OH is 1. The Labute approximate surface area is 96.3 Å². The molecule has 0 bridgehead atoms. The van der Waals surface area contributed by atoms with E-state index in [0.29, 0.717) is 0 Å². The summed E-state index contributed by atoms with van der Waals surface area (Å²) in [5, 5.41) is 18.5. The second-order valence-corrected chi connectivity index (χ2v) is 5.39. The van der Waals surface area contributed by atoms with Crippen LogP contribution < -0.4 is 0 Å². The predicted molar refractivity (Wildman–Crippen MR) is 60.1 cm³/mol. The van der Waals surface area contributed by atoms with Gasteiger partial charge in [-0.25, -0.2) is 0 Å². The maximum atomic E-state index is 11.0. The Kier molecular flexibility index (Phi) is 3.22. The van der Waals surface area contributed by atoms with Crippen molar-refractivity contribution in [2.75, 3.05) is 19.7 Å². The highest BCUT2D eigenvalue weighted by Crippen LogP contribution is 2.49. The lowest BCUT2D eigenvalue weighted by Crippen LogP contribution is -2.38. The number of carboxylic acid groups (broad SMARTS) is 1. The molecule has 2 fully saturated rings. The molecule has 16 heavy (non-hydrogen) atoms. The normalized spacial score (nSPS) is 31.0. The highest BCUT2D eigenvalue weighted by atomic mass is 16.4. The van der Waals surface area contributed by atoms with Crippen molar-refractivity contribution in [2.45, 2.75) is 38.6 Å². The zero-order valence-electron chi connectivity index (χ0n) is 9.85. The number of hydrogen-bond donors (Lipinski definition) is 2. The van der Waals surface area contributed by atoms with E-state index < -0.39 is 12.0 Å². The lowest BCUT2D eigenvalue weighted by molar-refractivity contribution is -0.142. The third-order valence-electron chi connectivity index (χ3n) is 4.56. The van der Waals surface area contributed by atoms with Crippen molar-refractivity contribution in [3.8, 4) is 0 Å². The van der Waals surface area contributed by atoms with Gasteiger partial charge in [0.05, 0.1) is 0 Å². The molecule has 0 amide bonds. The van der Waals surface area contributed by atoms with Gasteiger partial charge in [0.15, 0.2) is 0 Å². The van der Waals surface area contributed by atoms with E-state index in [4.69, 9.17) is 5.11 Å². The molecular weight excluding hydrogens is 206 g/mol. The number of hydrogen-bond acceptors (Lipinski definition) is 3. The number of rotatable bonds is 3. The van der Waals surface area contributed by atoms with E-state index in [1.54, 1.807) is 6.92 Å².